The van der Waals surface area contributed by atoms with Gasteiger partial charge in [-0.15, -0.1) is 0 Å². The number of nitrogens with zero attached hydrogens (tertiary/aromatic N) is 2. The Morgan fingerprint density at radius 3 is 2.54 bits per heavy atom. The molecule has 2 amide bonds. The summed E-state index contributed by atoms with van der Waals surface area (Å²) in [5, 5.41) is 24.3. The van der Waals surface area contributed by atoms with Crippen LogP contribution in [-0.2, 0) is 23.2 Å². The molecule has 2 aromatic carbocycles. The predicted molar refractivity (Wildman–Crippen MR) is 129 cm³/mol. The first-order chi connectivity index (χ1) is 16.6. The van der Waals surface area contributed by atoms with E-state index in [1.807, 2.05) is 6.07 Å². The Kier molecular flexibility index (Phi) is 5.32. The summed E-state index contributed by atoms with van der Waals surface area (Å²) < 4.78 is 13.4. The summed E-state index contributed by atoms with van der Waals surface area (Å²) in [5.74, 6) is -0.996. The summed E-state index contributed by atoms with van der Waals surface area (Å²) in [5.41, 5.74) is 1.92. The molecule has 0 bridgehead atoms. The third-order valence-electron chi connectivity index (χ3n) is 7.07. The minimum Gasteiger partial charge on any atom is -0.505 e. The molecule has 2 heterocycles. The van der Waals surface area contributed by atoms with Crippen molar-refractivity contribution in [1.29, 1.82) is 0 Å². The molecule has 182 valence electrons. The number of carbonyl (C=O) groups is 2. The van der Waals surface area contributed by atoms with Crippen molar-refractivity contribution >= 4 is 22.7 Å². The number of phenolic OH excluding ortho intramolecular Hbond substituents is 1. The van der Waals surface area contributed by atoms with E-state index in [1.54, 1.807) is 39.2 Å². The fourth-order valence-electron chi connectivity index (χ4n) is 4.99. The molecule has 0 saturated heterocycles. The van der Waals surface area contributed by atoms with Gasteiger partial charge in [-0.05, 0) is 73.6 Å². The first-order valence-electron chi connectivity index (χ1n) is 11.7. The highest BCUT2D eigenvalue weighted by Crippen LogP contribution is 2.55. The van der Waals surface area contributed by atoms with Crippen LogP contribution < -0.4 is 5.32 Å². The zero-order valence-corrected chi connectivity index (χ0v) is 20.0. The second-order valence-corrected chi connectivity index (χ2v) is 10.4. The third-order valence-corrected chi connectivity index (χ3v) is 7.07. The van der Waals surface area contributed by atoms with E-state index >= 15 is 0 Å². The van der Waals surface area contributed by atoms with Gasteiger partial charge in [0, 0.05) is 25.2 Å². The number of aliphatic hydroxyl groups is 1. The van der Waals surface area contributed by atoms with Gasteiger partial charge in [-0.3, -0.25) is 14.6 Å². The lowest BCUT2D eigenvalue weighted by atomic mass is 9.83. The molecule has 0 spiro atoms. The van der Waals surface area contributed by atoms with Gasteiger partial charge in [0.2, 0.25) is 5.91 Å². The number of phenols is 1. The van der Waals surface area contributed by atoms with Crippen molar-refractivity contribution in [1.82, 2.24) is 15.2 Å². The molecule has 5 rings (SSSR count). The minimum atomic E-state index is -0.871. The van der Waals surface area contributed by atoms with E-state index in [2.05, 4.69) is 10.3 Å². The zero-order valence-electron chi connectivity index (χ0n) is 20.0. The van der Waals surface area contributed by atoms with Crippen molar-refractivity contribution < 1.29 is 24.2 Å². The van der Waals surface area contributed by atoms with E-state index in [0.29, 0.717) is 30.2 Å². The molecule has 1 saturated carbocycles. The highest BCUT2D eigenvalue weighted by atomic mass is 19.1. The van der Waals surface area contributed by atoms with Crippen LogP contribution in [0.25, 0.3) is 10.9 Å². The molecule has 0 unspecified atom stereocenters. The quantitative estimate of drug-likeness (QED) is 0.506. The molecule has 8 heteroatoms. The van der Waals surface area contributed by atoms with Crippen LogP contribution in [0.1, 0.15) is 59.3 Å². The number of rotatable bonds is 6. The number of fused-ring (bicyclic) bond motifs is 2. The normalized spacial score (nSPS) is 16.5. The largest absolute Gasteiger partial charge is 0.505 e. The molecule has 1 fully saturated rings. The second kappa shape index (κ2) is 8.02. The van der Waals surface area contributed by atoms with Gasteiger partial charge in [0.25, 0.3) is 5.91 Å². The Bertz CT molecular complexity index is 1360. The summed E-state index contributed by atoms with van der Waals surface area (Å²) in [6.07, 6.45) is 3.31. The molecule has 1 aliphatic heterocycles. The lowest BCUT2D eigenvalue weighted by Gasteiger charge is -2.28. The number of aromatic nitrogens is 1. The molecule has 1 aliphatic carbocycles. The molecular formula is C27H28FN3O4. The number of aromatic hydroxyl groups is 1. The van der Waals surface area contributed by atoms with Gasteiger partial charge in [0.05, 0.1) is 23.1 Å². The van der Waals surface area contributed by atoms with Gasteiger partial charge < -0.3 is 20.4 Å². The van der Waals surface area contributed by atoms with Gasteiger partial charge in [-0.25, -0.2) is 4.39 Å². The topological polar surface area (TPSA) is 103 Å². The summed E-state index contributed by atoms with van der Waals surface area (Å²) in [6.45, 7) is 3.57. The highest BCUT2D eigenvalue weighted by molar-refractivity contribution is 6.10. The SMILES string of the molecule is CN1Cc2c(c(O)c3ncc(Cc4ccc(F)cc4)cc3c2C2(C(=O)NC(C)(C)CO)CC2)C1=O. The molecular weight excluding hydrogens is 449 g/mol. The van der Waals surface area contributed by atoms with Crippen molar-refractivity contribution in [2.45, 2.75) is 50.6 Å². The number of halogens is 1. The van der Waals surface area contributed by atoms with Gasteiger partial charge >= 0.3 is 0 Å². The van der Waals surface area contributed by atoms with Crippen LogP contribution in [0, 0.1) is 5.82 Å². The summed E-state index contributed by atoms with van der Waals surface area (Å²) in [6, 6.07) is 8.14. The van der Waals surface area contributed by atoms with Crippen molar-refractivity contribution in [2.24, 2.45) is 0 Å². The maximum atomic E-state index is 13.6. The molecule has 0 radical (unpaired) electrons. The minimum absolute atomic E-state index is 0.173. The molecule has 0 atom stereocenters. The van der Waals surface area contributed by atoms with E-state index < -0.39 is 11.0 Å². The van der Waals surface area contributed by atoms with Crippen LogP contribution in [0.4, 0.5) is 4.39 Å². The maximum Gasteiger partial charge on any atom is 0.258 e. The second-order valence-electron chi connectivity index (χ2n) is 10.4. The third kappa shape index (κ3) is 3.82. The number of aliphatic hydroxyl groups excluding tert-OH is 1. The molecule has 7 nitrogen and oxygen atoms in total. The summed E-state index contributed by atoms with van der Waals surface area (Å²) in [4.78, 5) is 32.5. The lowest BCUT2D eigenvalue weighted by Crippen LogP contribution is -2.50. The van der Waals surface area contributed by atoms with E-state index in [9.17, 15) is 24.2 Å². The smallest absolute Gasteiger partial charge is 0.258 e. The van der Waals surface area contributed by atoms with Crippen molar-refractivity contribution in [3.63, 3.8) is 0 Å². The first-order valence-corrected chi connectivity index (χ1v) is 11.7. The zero-order chi connectivity index (χ0) is 25.1. The Morgan fingerprint density at radius 1 is 1.23 bits per heavy atom. The molecule has 3 aromatic rings. The van der Waals surface area contributed by atoms with Crippen LogP contribution in [0.5, 0.6) is 5.75 Å². The van der Waals surface area contributed by atoms with E-state index in [4.69, 9.17) is 0 Å². The van der Waals surface area contributed by atoms with Crippen LogP contribution in [0.3, 0.4) is 0 Å². The number of hydrogen-bond acceptors (Lipinski definition) is 5. The van der Waals surface area contributed by atoms with E-state index in [1.165, 1.54) is 17.0 Å². The van der Waals surface area contributed by atoms with Gasteiger partial charge in [0.15, 0.2) is 5.75 Å². The number of amides is 2. The van der Waals surface area contributed by atoms with E-state index in [-0.39, 0.29) is 47.6 Å². The lowest BCUT2D eigenvalue weighted by molar-refractivity contribution is -0.125. The van der Waals surface area contributed by atoms with Gasteiger partial charge in [-0.1, -0.05) is 12.1 Å². The van der Waals surface area contributed by atoms with Crippen LogP contribution in [0.2, 0.25) is 0 Å². The maximum absolute atomic E-state index is 13.6. The molecule has 35 heavy (non-hydrogen) atoms. The Labute approximate surface area is 202 Å². The number of pyridine rings is 1. The van der Waals surface area contributed by atoms with E-state index in [0.717, 1.165) is 16.7 Å². The standard InChI is InChI=1S/C27H28FN3O4/c1-26(2,14-32)30-25(35)27(8-9-27)21-18-11-16(10-15-4-6-17(28)7-5-15)12-29-22(18)23(33)20-19(21)13-31(3)24(20)34/h4-7,11-12,32-33H,8-10,13-14H2,1-3H3,(H,30,35). The number of hydrogen-bond donors (Lipinski definition) is 3. The summed E-state index contributed by atoms with van der Waals surface area (Å²) in [7, 11) is 1.66. The van der Waals surface area contributed by atoms with Crippen molar-refractivity contribution in [3.05, 3.63) is 70.2 Å². The van der Waals surface area contributed by atoms with Crippen molar-refractivity contribution in [2.75, 3.05) is 13.7 Å². The average Bonchev–Trinajstić information content (AvgIpc) is 3.56. The Hall–Kier alpha value is -3.52. The van der Waals surface area contributed by atoms with Crippen LogP contribution in [-0.4, -0.2) is 51.1 Å². The van der Waals surface area contributed by atoms with Gasteiger partial charge in [-0.2, -0.15) is 0 Å². The Morgan fingerprint density at radius 2 is 1.91 bits per heavy atom. The van der Waals surface area contributed by atoms with Crippen LogP contribution in [0.15, 0.2) is 36.5 Å². The highest BCUT2D eigenvalue weighted by Gasteiger charge is 2.55. The number of carbonyl (C=O) groups excluding carboxylic acids is 2. The Balaban J connectivity index is 1.69. The molecule has 3 N–H and O–H groups in total. The monoisotopic (exact) mass is 477 g/mol. The van der Waals surface area contributed by atoms with Crippen LogP contribution >= 0.6 is 0 Å². The first kappa shape index (κ1) is 23.2. The fourth-order valence-corrected chi connectivity index (χ4v) is 4.99. The average molecular weight is 478 g/mol. The number of benzene rings is 2. The number of nitrogens with one attached hydrogen (secondary N) is 1. The molecule has 2 aliphatic rings. The van der Waals surface area contributed by atoms with Gasteiger partial charge in [0.1, 0.15) is 11.3 Å². The molecule has 1 aromatic heterocycles. The fraction of sp³-hybridized carbons (Fsp3) is 0.370. The predicted octanol–water partition coefficient (Wildman–Crippen LogP) is 3.17. The summed E-state index contributed by atoms with van der Waals surface area (Å²) >= 11 is 0. The van der Waals surface area contributed by atoms with Crippen molar-refractivity contribution in [3.8, 4) is 5.75 Å².